The van der Waals surface area contributed by atoms with Gasteiger partial charge in [0, 0.05) is 32.1 Å². The highest BCUT2D eigenvalue weighted by molar-refractivity contribution is 7.89. The highest BCUT2D eigenvalue weighted by Gasteiger charge is 2.20. The van der Waals surface area contributed by atoms with Crippen molar-refractivity contribution in [3.05, 3.63) is 65.0 Å². The van der Waals surface area contributed by atoms with E-state index in [-0.39, 0.29) is 41.9 Å². The van der Waals surface area contributed by atoms with Crippen molar-refractivity contribution in [2.24, 2.45) is 0 Å². The number of benzene rings is 2. The Morgan fingerprint density at radius 3 is 2.34 bits per heavy atom. The van der Waals surface area contributed by atoms with Crippen molar-refractivity contribution in [1.29, 1.82) is 0 Å². The van der Waals surface area contributed by atoms with Crippen molar-refractivity contribution in [3.63, 3.8) is 0 Å². The second-order valence-electron chi connectivity index (χ2n) is 6.87. The average Bonchev–Trinajstić information content (AvgIpc) is 2.68. The summed E-state index contributed by atoms with van der Waals surface area (Å²) in [5.41, 5.74) is 1.65. The molecule has 0 spiro atoms. The first-order valence-electron chi connectivity index (χ1n) is 9.20. The maximum Gasteiger partial charge on any atom is 0.242 e. The molecular formula is C21H25FN2O4S. The third-order valence-electron chi connectivity index (χ3n) is 4.57. The quantitative estimate of drug-likeness (QED) is 0.632. The van der Waals surface area contributed by atoms with Crippen LogP contribution in [0.3, 0.4) is 0 Å². The van der Waals surface area contributed by atoms with Crippen LogP contribution in [0.1, 0.15) is 41.3 Å². The minimum Gasteiger partial charge on any atom is -0.352 e. The van der Waals surface area contributed by atoms with E-state index < -0.39 is 10.0 Å². The summed E-state index contributed by atoms with van der Waals surface area (Å²) in [6.45, 7) is 3.46. The minimum atomic E-state index is -3.69. The topological polar surface area (TPSA) is 83.6 Å². The van der Waals surface area contributed by atoms with Crippen LogP contribution in [-0.2, 0) is 21.4 Å². The van der Waals surface area contributed by atoms with Crippen molar-refractivity contribution in [3.8, 4) is 0 Å². The highest BCUT2D eigenvalue weighted by Crippen LogP contribution is 2.16. The molecule has 0 saturated carbocycles. The number of ketones is 1. The summed E-state index contributed by atoms with van der Waals surface area (Å²) in [5, 5.41) is 2.70. The summed E-state index contributed by atoms with van der Waals surface area (Å²) in [7, 11) is -2.25. The molecule has 2 rings (SSSR count). The Labute approximate surface area is 170 Å². The van der Waals surface area contributed by atoms with Gasteiger partial charge in [-0.05, 0) is 49.6 Å². The number of nitrogens with zero attached hydrogens (tertiary/aromatic N) is 1. The average molecular weight is 421 g/mol. The van der Waals surface area contributed by atoms with Crippen LogP contribution in [0.2, 0.25) is 0 Å². The Morgan fingerprint density at radius 2 is 1.76 bits per heavy atom. The molecule has 0 unspecified atom stereocenters. The molecular weight excluding hydrogens is 395 g/mol. The molecule has 1 amide bonds. The molecule has 0 aliphatic heterocycles. The van der Waals surface area contributed by atoms with Gasteiger partial charge in [0.25, 0.3) is 0 Å². The lowest BCUT2D eigenvalue weighted by Crippen LogP contribution is -2.29. The van der Waals surface area contributed by atoms with Crippen LogP contribution in [0.15, 0.2) is 47.4 Å². The van der Waals surface area contributed by atoms with E-state index in [0.29, 0.717) is 23.1 Å². The summed E-state index contributed by atoms with van der Waals surface area (Å²) in [5.74, 6) is -0.691. The molecule has 29 heavy (non-hydrogen) atoms. The van der Waals surface area contributed by atoms with Crippen LogP contribution in [0.25, 0.3) is 0 Å². The van der Waals surface area contributed by atoms with Crippen LogP contribution in [0.4, 0.5) is 4.39 Å². The predicted octanol–water partition coefficient (Wildman–Crippen LogP) is 3.05. The van der Waals surface area contributed by atoms with Crippen LogP contribution < -0.4 is 5.32 Å². The number of hydrogen-bond donors (Lipinski definition) is 1. The molecule has 0 atom stereocenters. The molecule has 0 saturated heterocycles. The number of aryl methyl sites for hydroxylation is 1. The first-order valence-corrected chi connectivity index (χ1v) is 10.6. The molecule has 6 nitrogen and oxygen atoms in total. The van der Waals surface area contributed by atoms with Gasteiger partial charge in [-0.2, -0.15) is 0 Å². The van der Waals surface area contributed by atoms with E-state index in [4.69, 9.17) is 0 Å². The monoisotopic (exact) mass is 420 g/mol. The summed E-state index contributed by atoms with van der Waals surface area (Å²) in [6, 6.07) is 10.5. The van der Waals surface area contributed by atoms with Crippen LogP contribution in [-0.4, -0.2) is 38.0 Å². The number of Topliss-reactive ketones (excluding diaryl/α,β-unsaturated/α-hetero) is 1. The smallest absolute Gasteiger partial charge is 0.242 e. The Bertz CT molecular complexity index is 988. The SMILES string of the molecule is CC(=O)c1ccc(S(=O)(=O)N(C)CCCC(=O)NCc2ccc(C)c(F)c2)cc1. The third kappa shape index (κ3) is 6.20. The fraction of sp³-hybridized carbons (Fsp3) is 0.333. The molecule has 0 aliphatic carbocycles. The zero-order valence-corrected chi connectivity index (χ0v) is 17.6. The van der Waals surface area contributed by atoms with E-state index in [1.807, 2.05) is 0 Å². The van der Waals surface area contributed by atoms with Crippen molar-refractivity contribution < 1.29 is 22.4 Å². The van der Waals surface area contributed by atoms with Gasteiger partial charge in [0.2, 0.25) is 15.9 Å². The van der Waals surface area contributed by atoms with Gasteiger partial charge in [0.05, 0.1) is 4.90 Å². The number of amides is 1. The van der Waals surface area contributed by atoms with E-state index in [9.17, 15) is 22.4 Å². The third-order valence-corrected chi connectivity index (χ3v) is 6.44. The molecule has 8 heteroatoms. The number of halogens is 1. The number of sulfonamides is 1. The maximum absolute atomic E-state index is 13.5. The van der Waals surface area contributed by atoms with E-state index in [1.165, 1.54) is 48.6 Å². The molecule has 0 bridgehead atoms. The Morgan fingerprint density at radius 1 is 1.10 bits per heavy atom. The lowest BCUT2D eigenvalue weighted by atomic mass is 10.1. The molecule has 0 aliphatic rings. The van der Waals surface area contributed by atoms with E-state index in [2.05, 4.69) is 5.32 Å². The van der Waals surface area contributed by atoms with Crippen LogP contribution in [0, 0.1) is 12.7 Å². The van der Waals surface area contributed by atoms with Crippen LogP contribution in [0.5, 0.6) is 0 Å². The second kappa shape index (κ2) is 9.76. The molecule has 0 aromatic heterocycles. The number of hydrogen-bond acceptors (Lipinski definition) is 4. The lowest BCUT2D eigenvalue weighted by molar-refractivity contribution is -0.121. The molecule has 0 fully saturated rings. The zero-order chi connectivity index (χ0) is 21.6. The van der Waals surface area contributed by atoms with Gasteiger partial charge in [0.15, 0.2) is 5.78 Å². The van der Waals surface area contributed by atoms with Gasteiger partial charge in [-0.1, -0.05) is 24.3 Å². The van der Waals surface area contributed by atoms with Gasteiger partial charge in [-0.25, -0.2) is 17.1 Å². The summed E-state index contributed by atoms with van der Waals surface area (Å²) < 4.78 is 39.8. The fourth-order valence-corrected chi connectivity index (χ4v) is 3.87. The Balaban J connectivity index is 1.83. The fourth-order valence-electron chi connectivity index (χ4n) is 2.66. The highest BCUT2D eigenvalue weighted by atomic mass is 32.2. The second-order valence-corrected chi connectivity index (χ2v) is 8.92. The normalized spacial score (nSPS) is 11.5. The first kappa shape index (κ1) is 22.7. The summed E-state index contributed by atoms with van der Waals surface area (Å²) in [6.07, 6.45) is 0.493. The molecule has 0 heterocycles. The van der Waals surface area contributed by atoms with Crippen molar-refractivity contribution >= 4 is 21.7 Å². The van der Waals surface area contributed by atoms with E-state index in [1.54, 1.807) is 19.1 Å². The van der Waals surface area contributed by atoms with Gasteiger partial charge in [-0.15, -0.1) is 0 Å². The minimum absolute atomic E-state index is 0.0934. The largest absolute Gasteiger partial charge is 0.352 e. The molecule has 156 valence electrons. The van der Waals surface area contributed by atoms with Gasteiger partial charge in [0.1, 0.15) is 5.82 Å². The number of rotatable bonds is 9. The van der Waals surface area contributed by atoms with E-state index in [0.717, 1.165) is 0 Å². The van der Waals surface area contributed by atoms with Gasteiger partial charge in [-0.3, -0.25) is 9.59 Å². The summed E-state index contributed by atoms with van der Waals surface area (Å²) >= 11 is 0. The Kier molecular flexibility index (Phi) is 7.64. The zero-order valence-electron chi connectivity index (χ0n) is 16.7. The van der Waals surface area contributed by atoms with Crippen molar-refractivity contribution in [1.82, 2.24) is 9.62 Å². The predicted molar refractivity (Wildman–Crippen MR) is 108 cm³/mol. The molecule has 2 aromatic rings. The number of carbonyl (C=O) groups excluding carboxylic acids is 2. The van der Waals surface area contributed by atoms with Gasteiger partial charge < -0.3 is 5.32 Å². The number of nitrogens with one attached hydrogen (secondary N) is 1. The lowest BCUT2D eigenvalue weighted by Gasteiger charge is -2.17. The molecule has 2 aromatic carbocycles. The first-order chi connectivity index (χ1) is 13.6. The van der Waals surface area contributed by atoms with Gasteiger partial charge >= 0.3 is 0 Å². The summed E-state index contributed by atoms with van der Waals surface area (Å²) in [4.78, 5) is 23.4. The van der Waals surface area contributed by atoms with E-state index >= 15 is 0 Å². The molecule has 1 N–H and O–H groups in total. The van der Waals surface area contributed by atoms with Crippen molar-refractivity contribution in [2.45, 2.75) is 38.1 Å². The van der Waals surface area contributed by atoms with Crippen molar-refractivity contribution in [2.75, 3.05) is 13.6 Å². The standard InChI is InChI=1S/C21H25FN2O4S/c1-15-6-7-17(13-20(15)22)14-23-21(26)5-4-12-24(3)29(27,28)19-10-8-18(9-11-19)16(2)25/h6-11,13H,4-5,12,14H2,1-3H3,(H,23,26). The molecule has 0 radical (unpaired) electrons. The van der Waals surface area contributed by atoms with Crippen LogP contribution >= 0.6 is 0 Å². The Hall–Kier alpha value is -2.58. The number of carbonyl (C=O) groups is 2. The maximum atomic E-state index is 13.5.